The molecule has 0 radical (unpaired) electrons. The van der Waals surface area contributed by atoms with Crippen molar-refractivity contribution in [3.63, 3.8) is 0 Å². The van der Waals surface area contributed by atoms with Gasteiger partial charge in [0.25, 0.3) is 0 Å². The Hall–Kier alpha value is -1.14. The first-order chi connectivity index (χ1) is 12.0. The molecule has 0 aromatic heterocycles. The van der Waals surface area contributed by atoms with Crippen LogP contribution in [0.5, 0.6) is 0 Å². The van der Waals surface area contributed by atoms with Crippen LogP contribution in [-0.4, -0.2) is 25.2 Å². The third kappa shape index (κ3) is 4.77. The molecule has 26 heavy (non-hydrogen) atoms. The van der Waals surface area contributed by atoms with Crippen LogP contribution < -0.4 is 4.72 Å². The average molecular weight is 400 g/mol. The molecule has 0 fully saturated rings. The molecule has 4 nitrogen and oxygen atoms in total. The van der Waals surface area contributed by atoms with Crippen LogP contribution in [0.15, 0.2) is 57.5 Å². The van der Waals surface area contributed by atoms with Crippen molar-refractivity contribution in [2.45, 2.75) is 64.5 Å². The Kier molecular flexibility index (Phi) is 8.08. The second-order valence-corrected chi connectivity index (χ2v) is 8.98. The molecule has 1 unspecified atom stereocenters. The highest BCUT2D eigenvalue weighted by Gasteiger charge is 2.45. The van der Waals surface area contributed by atoms with Crippen molar-refractivity contribution in [2.24, 2.45) is 5.92 Å². The number of hydrogen-bond acceptors (Lipinski definition) is 3. The highest BCUT2D eigenvalue weighted by Crippen LogP contribution is 2.37. The van der Waals surface area contributed by atoms with Crippen molar-refractivity contribution in [1.29, 1.82) is 0 Å². The predicted octanol–water partition coefficient (Wildman–Crippen LogP) is 4.61. The molecule has 0 bridgehead atoms. The molecule has 0 aliphatic rings. The Labute approximate surface area is 163 Å². The van der Waals surface area contributed by atoms with Crippen molar-refractivity contribution in [2.75, 3.05) is 0 Å². The molecule has 1 aromatic carbocycles. The van der Waals surface area contributed by atoms with Gasteiger partial charge in [-0.15, -0.1) is 0 Å². The van der Waals surface area contributed by atoms with Gasteiger partial charge in [0.15, 0.2) is 0 Å². The van der Waals surface area contributed by atoms with Crippen molar-refractivity contribution in [1.82, 2.24) is 4.72 Å². The van der Waals surface area contributed by atoms with Gasteiger partial charge in [-0.25, -0.2) is 13.1 Å². The average Bonchev–Trinajstić information content (AvgIpc) is 2.64. The topological polar surface area (TPSA) is 66.4 Å². The van der Waals surface area contributed by atoms with E-state index >= 15 is 0 Å². The monoisotopic (exact) mass is 399 g/mol. The maximum atomic E-state index is 12.9. The molecule has 146 valence electrons. The Morgan fingerprint density at radius 1 is 1.27 bits per heavy atom. The van der Waals surface area contributed by atoms with Crippen molar-refractivity contribution in [3.8, 4) is 0 Å². The van der Waals surface area contributed by atoms with Crippen molar-refractivity contribution >= 4 is 21.6 Å². The Morgan fingerprint density at radius 3 is 2.23 bits per heavy atom. The smallest absolute Gasteiger partial charge is 0.240 e. The molecule has 2 N–H and O–H groups in total. The lowest BCUT2D eigenvalue weighted by atomic mass is 9.75. The predicted molar refractivity (Wildman–Crippen MR) is 109 cm³/mol. The molecule has 0 spiro atoms. The van der Waals surface area contributed by atoms with Crippen LogP contribution in [-0.2, 0) is 10.0 Å². The van der Waals surface area contributed by atoms with Crippen LogP contribution in [0.4, 0.5) is 0 Å². The molecule has 0 aliphatic carbocycles. The zero-order valence-electron chi connectivity index (χ0n) is 16.4. The standard InChI is InChI=1S/C20H30ClNO3S/c1-7-14(3)19(20(23,15(4)8-2)16(5)17(6)21)22-26(24,25)18-12-10-9-11-13-18/h8-14,19,22-23H,7H2,1-6H3/b15-8+,17-16+/t14-,19-,20?/m0/s1. The zero-order chi connectivity index (χ0) is 20.1. The number of benzene rings is 1. The second kappa shape index (κ2) is 9.18. The van der Waals surface area contributed by atoms with Gasteiger partial charge in [-0.05, 0) is 56.9 Å². The molecule has 1 aromatic rings. The Morgan fingerprint density at radius 2 is 1.81 bits per heavy atom. The fraction of sp³-hybridized carbons (Fsp3) is 0.500. The van der Waals surface area contributed by atoms with Gasteiger partial charge in [-0.3, -0.25) is 0 Å². The summed E-state index contributed by atoms with van der Waals surface area (Å²) in [4.78, 5) is 0.165. The van der Waals surface area contributed by atoms with Gasteiger partial charge in [-0.2, -0.15) is 0 Å². The lowest BCUT2D eigenvalue weighted by Gasteiger charge is -2.42. The lowest BCUT2D eigenvalue weighted by Crippen LogP contribution is -2.57. The normalized spacial score (nSPS) is 18.7. The van der Waals surface area contributed by atoms with Crippen LogP contribution in [0.2, 0.25) is 0 Å². The third-order valence-electron chi connectivity index (χ3n) is 5.12. The molecule has 0 amide bonds. The van der Waals surface area contributed by atoms with E-state index in [-0.39, 0.29) is 10.8 Å². The van der Waals surface area contributed by atoms with E-state index in [0.717, 1.165) is 0 Å². The van der Waals surface area contributed by atoms with Gasteiger partial charge >= 0.3 is 0 Å². The molecular formula is C20H30ClNO3S. The molecule has 0 aliphatic heterocycles. The second-order valence-electron chi connectivity index (χ2n) is 6.69. The van der Waals surface area contributed by atoms with E-state index in [1.807, 2.05) is 20.8 Å². The fourth-order valence-corrected chi connectivity index (χ4v) is 4.47. The fourth-order valence-electron chi connectivity index (χ4n) is 2.94. The summed E-state index contributed by atoms with van der Waals surface area (Å²) in [6, 6.07) is 7.41. The van der Waals surface area contributed by atoms with Gasteiger partial charge < -0.3 is 5.11 Å². The molecule has 0 heterocycles. The minimum absolute atomic E-state index is 0.126. The van der Waals surface area contributed by atoms with Gasteiger partial charge in [0.1, 0.15) is 5.60 Å². The van der Waals surface area contributed by atoms with Gasteiger partial charge in [0.05, 0.1) is 10.9 Å². The molecular weight excluding hydrogens is 370 g/mol. The quantitative estimate of drug-likeness (QED) is 0.627. The number of hydrogen-bond donors (Lipinski definition) is 2. The highest BCUT2D eigenvalue weighted by atomic mass is 35.5. The molecule has 0 saturated carbocycles. The summed E-state index contributed by atoms with van der Waals surface area (Å²) in [5, 5.41) is 12.1. The summed E-state index contributed by atoms with van der Waals surface area (Å²) >= 11 is 6.21. The number of nitrogens with one attached hydrogen (secondary N) is 1. The van der Waals surface area contributed by atoms with Crippen LogP contribution in [0.1, 0.15) is 48.0 Å². The Balaban J connectivity index is 3.56. The SMILES string of the molecule is C/C=C(\C)C(O)(/C(C)=C(\C)Cl)[C@@H](NS(=O)(=O)c1ccccc1)[C@@H](C)CC. The van der Waals surface area contributed by atoms with E-state index in [1.54, 1.807) is 45.0 Å². The summed E-state index contributed by atoms with van der Waals surface area (Å²) < 4.78 is 28.6. The van der Waals surface area contributed by atoms with E-state index in [1.165, 1.54) is 12.1 Å². The molecule has 0 saturated heterocycles. The molecule has 1 rings (SSSR count). The van der Waals surface area contributed by atoms with Gasteiger partial charge in [0, 0.05) is 5.03 Å². The maximum absolute atomic E-state index is 12.9. The number of rotatable bonds is 8. The van der Waals surface area contributed by atoms with Crippen LogP contribution in [0.3, 0.4) is 0 Å². The van der Waals surface area contributed by atoms with E-state index < -0.39 is 21.7 Å². The van der Waals surface area contributed by atoms with Crippen LogP contribution >= 0.6 is 11.6 Å². The highest BCUT2D eigenvalue weighted by molar-refractivity contribution is 7.89. The summed E-state index contributed by atoms with van der Waals surface area (Å²) in [5.74, 6) is -0.126. The van der Waals surface area contributed by atoms with E-state index in [2.05, 4.69) is 4.72 Å². The number of allylic oxidation sites excluding steroid dienone is 2. The molecule has 6 heteroatoms. The number of halogens is 1. The van der Waals surface area contributed by atoms with E-state index in [0.29, 0.717) is 22.6 Å². The first kappa shape index (κ1) is 22.9. The summed E-state index contributed by atoms with van der Waals surface area (Å²) in [5.41, 5.74) is -0.329. The third-order valence-corrected chi connectivity index (χ3v) is 6.86. The van der Waals surface area contributed by atoms with Crippen LogP contribution in [0.25, 0.3) is 0 Å². The summed E-state index contributed by atoms with van der Waals surface area (Å²) in [6.45, 7) is 10.9. The first-order valence-corrected chi connectivity index (χ1v) is 10.6. The minimum atomic E-state index is -3.80. The minimum Gasteiger partial charge on any atom is -0.379 e. The largest absolute Gasteiger partial charge is 0.379 e. The lowest BCUT2D eigenvalue weighted by molar-refractivity contribution is 0.0577. The van der Waals surface area contributed by atoms with Gasteiger partial charge in [0.2, 0.25) is 10.0 Å². The zero-order valence-corrected chi connectivity index (χ0v) is 17.9. The molecule has 3 atom stereocenters. The number of aliphatic hydroxyl groups is 1. The summed E-state index contributed by atoms with van der Waals surface area (Å²) in [7, 11) is -3.80. The van der Waals surface area contributed by atoms with E-state index in [9.17, 15) is 13.5 Å². The van der Waals surface area contributed by atoms with Gasteiger partial charge in [-0.1, -0.05) is 56.1 Å². The van der Waals surface area contributed by atoms with Crippen molar-refractivity contribution in [3.05, 3.63) is 52.6 Å². The maximum Gasteiger partial charge on any atom is 0.240 e. The van der Waals surface area contributed by atoms with E-state index in [4.69, 9.17) is 11.6 Å². The summed E-state index contributed by atoms with van der Waals surface area (Å²) in [6.07, 6.45) is 2.48. The number of sulfonamides is 1. The first-order valence-electron chi connectivity index (χ1n) is 8.78. The Bertz CT molecular complexity index is 768. The van der Waals surface area contributed by atoms with Crippen molar-refractivity contribution < 1.29 is 13.5 Å². The van der Waals surface area contributed by atoms with Crippen LogP contribution in [0, 0.1) is 5.92 Å².